The summed E-state index contributed by atoms with van der Waals surface area (Å²) in [5, 5.41) is 6.91. The maximum Gasteiger partial charge on any atom is 0.0767 e. The van der Waals surface area contributed by atoms with Crippen LogP contribution in [0.4, 0.5) is 0 Å². The molecule has 3 heterocycles. The van der Waals surface area contributed by atoms with E-state index in [-0.39, 0.29) is 0 Å². The van der Waals surface area contributed by atoms with Gasteiger partial charge in [-0.05, 0) is 52.7 Å². The predicted octanol–water partition coefficient (Wildman–Crippen LogP) is 3.85. The van der Waals surface area contributed by atoms with E-state index in [9.17, 15) is 0 Å². The number of halogens is 1. The van der Waals surface area contributed by atoms with Gasteiger partial charge in [0.25, 0.3) is 0 Å². The number of thiophene rings is 1. The lowest BCUT2D eigenvalue weighted by molar-refractivity contribution is 0.239. The fourth-order valence-electron chi connectivity index (χ4n) is 2.82. The first-order valence-corrected chi connectivity index (χ1v) is 8.91. The van der Waals surface area contributed by atoms with Crippen molar-refractivity contribution in [2.24, 2.45) is 0 Å². The minimum Gasteiger partial charge on any atom is -0.293 e. The Bertz CT molecular complexity index is 602. The zero-order valence-electron chi connectivity index (χ0n) is 12.0. The average molecular weight is 354 g/mol. The molecular formula is C15H20BrN3S. The van der Waals surface area contributed by atoms with E-state index in [1.165, 1.54) is 27.8 Å². The number of fused-ring (bicyclic) bond motifs is 1. The number of aryl methyl sites for hydroxylation is 2. The van der Waals surface area contributed by atoms with Crippen molar-refractivity contribution in [3.05, 3.63) is 37.7 Å². The van der Waals surface area contributed by atoms with Crippen LogP contribution in [-0.4, -0.2) is 21.2 Å². The molecule has 108 valence electrons. The number of rotatable bonds is 4. The number of hydrogen-bond donors (Lipinski definition) is 0. The summed E-state index contributed by atoms with van der Waals surface area (Å²) in [5.41, 5.74) is 4.01. The largest absolute Gasteiger partial charge is 0.293 e. The molecule has 0 spiro atoms. The van der Waals surface area contributed by atoms with Crippen molar-refractivity contribution in [1.29, 1.82) is 0 Å². The quantitative estimate of drug-likeness (QED) is 0.832. The molecule has 0 radical (unpaired) electrons. The first-order valence-electron chi connectivity index (χ1n) is 7.24. The van der Waals surface area contributed by atoms with Gasteiger partial charge in [0.15, 0.2) is 0 Å². The van der Waals surface area contributed by atoms with Crippen LogP contribution in [0.1, 0.15) is 35.7 Å². The Hall–Kier alpha value is -0.650. The van der Waals surface area contributed by atoms with Gasteiger partial charge in [-0.15, -0.1) is 11.3 Å². The maximum atomic E-state index is 4.69. The molecule has 20 heavy (non-hydrogen) atoms. The third-order valence-electron chi connectivity index (χ3n) is 3.95. The smallest absolute Gasteiger partial charge is 0.0767 e. The monoisotopic (exact) mass is 353 g/mol. The van der Waals surface area contributed by atoms with E-state index in [1.54, 1.807) is 4.88 Å². The Labute approximate surface area is 132 Å². The second-order valence-corrected chi connectivity index (χ2v) is 7.00. The van der Waals surface area contributed by atoms with Crippen LogP contribution in [0.25, 0.3) is 0 Å². The predicted molar refractivity (Wildman–Crippen MR) is 87.1 cm³/mol. The minimum atomic E-state index is 0.936. The molecule has 0 unspecified atom stereocenters. The van der Waals surface area contributed by atoms with Crippen LogP contribution in [0.2, 0.25) is 0 Å². The summed E-state index contributed by atoms with van der Waals surface area (Å²) in [6, 6.07) is 2.27. The number of nitrogens with zero attached hydrogens (tertiary/aromatic N) is 3. The van der Waals surface area contributed by atoms with Crippen molar-refractivity contribution in [1.82, 2.24) is 14.7 Å². The Morgan fingerprint density at radius 1 is 1.40 bits per heavy atom. The first kappa shape index (κ1) is 14.3. The molecule has 3 nitrogen and oxygen atoms in total. The Kier molecular flexibility index (Phi) is 4.29. The van der Waals surface area contributed by atoms with E-state index >= 15 is 0 Å². The molecule has 0 atom stereocenters. The lowest BCUT2D eigenvalue weighted by atomic mass is 10.1. The second-order valence-electron chi connectivity index (χ2n) is 5.21. The molecule has 0 saturated carbocycles. The van der Waals surface area contributed by atoms with Crippen LogP contribution < -0.4 is 0 Å². The zero-order valence-corrected chi connectivity index (χ0v) is 14.4. The average Bonchev–Trinajstić information content (AvgIpc) is 3.04. The summed E-state index contributed by atoms with van der Waals surface area (Å²) >= 11 is 5.64. The highest BCUT2D eigenvalue weighted by Gasteiger charge is 2.21. The van der Waals surface area contributed by atoms with Gasteiger partial charge in [-0.3, -0.25) is 9.58 Å². The molecule has 3 rings (SSSR count). The second kappa shape index (κ2) is 6.00. The molecular weight excluding hydrogens is 334 g/mol. The molecule has 0 bridgehead atoms. The van der Waals surface area contributed by atoms with Gasteiger partial charge in [-0.2, -0.15) is 5.10 Å². The lowest BCUT2D eigenvalue weighted by Gasteiger charge is -2.27. The van der Waals surface area contributed by atoms with Crippen molar-refractivity contribution in [2.75, 3.05) is 6.54 Å². The summed E-state index contributed by atoms with van der Waals surface area (Å²) in [5.74, 6) is 0. The zero-order chi connectivity index (χ0) is 14.1. The van der Waals surface area contributed by atoms with Crippen LogP contribution in [0.5, 0.6) is 0 Å². The number of hydrogen-bond acceptors (Lipinski definition) is 3. The van der Waals surface area contributed by atoms with Crippen LogP contribution in [0, 0.1) is 0 Å². The first-order chi connectivity index (χ1) is 9.72. The van der Waals surface area contributed by atoms with Crippen LogP contribution in [-0.2, 0) is 32.5 Å². The molecule has 0 aliphatic carbocycles. The normalized spacial score (nSPS) is 15.6. The Morgan fingerprint density at radius 3 is 3.00 bits per heavy atom. The SMILES string of the molecule is CCc1nn(CC)c(CN2CCc3sccc3C2)c1Br. The van der Waals surface area contributed by atoms with E-state index < -0.39 is 0 Å². The van der Waals surface area contributed by atoms with Gasteiger partial charge in [0.05, 0.1) is 15.9 Å². The van der Waals surface area contributed by atoms with Crippen molar-refractivity contribution in [3.8, 4) is 0 Å². The third-order valence-corrected chi connectivity index (χ3v) is 5.89. The maximum absolute atomic E-state index is 4.69. The molecule has 0 fully saturated rings. The van der Waals surface area contributed by atoms with Crippen molar-refractivity contribution < 1.29 is 0 Å². The molecule has 2 aromatic rings. The van der Waals surface area contributed by atoms with E-state index in [0.717, 1.165) is 32.6 Å². The standard InChI is InChI=1S/C15H20BrN3S/c1-3-12-15(16)13(19(4-2)17-12)10-18-7-5-14-11(9-18)6-8-20-14/h6,8H,3-5,7,9-10H2,1-2H3. The van der Waals surface area contributed by atoms with Gasteiger partial charge in [0.2, 0.25) is 0 Å². The minimum absolute atomic E-state index is 0.936. The fraction of sp³-hybridized carbons (Fsp3) is 0.533. The van der Waals surface area contributed by atoms with Gasteiger partial charge < -0.3 is 0 Å². The number of aromatic nitrogens is 2. The summed E-state index contributed by atoms with van der Waals surface area (Å²) in [6.07, 6.45) is 2.17. The highest BCUT2D eigenvalue weighted by atomic mass is 79.9. The molecule has 1 aliphatic heterocycles. The highest BCUT2D eigenvalue weighted by Crippen LogP contribution is 2.28. The summed E-state index contributed by atoms with van der Waals surface area (Å²) in [7, 11) is 0. The van der Waals surface area contributed by atoms with Gasteiger partial charge in [-0.1, -0.05) is 6.92 Å². The van der Waals surface area contributed by atoms with Gasteiger partial charge in [0.1, 0.15) is 0 Å². The van der Waals surface area contributed by atoms with E-state index in [0.29, 0.717) is 0 Å². The van der Waals surface area contributed by atoms with E-state index in [4.69, 9.17) is 5.10 Å². The van der Waals surface area contributed by atoms with Crippen molar-refractivity contribution in [3.63, 3.8) is 0 Å². The van der Waals surface area contributed by atoms with Crippen LogP contribution in [0.3, 0.4) is 0 Å². The highest BCUT2D eigenvalue weighted by molar-refractivity contribution is 9.10. The van der Waals surface area contributed by atoms with Gasteiger partial charge in [-0.25, -0.2) is 0 Å². The summed E-state index contributed by atoms with van der Waals surface area (Å²) in [6.45, 7) is 8.46. The summed E-state index contributed by atoms with van der Waals surface area (Å²) < 4.78 is 3.35. The van der Waals surface area contributed by atoms with Crippen molar-refractivity contribution >= 4 is 27.3 Å². The summed E-state index contributed by atoms with van der Waals surface area (Å²) in [4.78, 5) is 4.10. The van der Waals surface area contributed by atoms with Crippen LogP contribution in [0.15, 0.2) is 15.9 Å². The molecule has 0 N–H and O–H groups in total. The molecule has 5 heteroatoms. The molecule has 0 aromatic carbocycles. The fourth-order valence-corrected chi connectivity index (χ4v) is 4.40. The topological polar surface area (TPSA) is 21.1 Å². The van der Waals surface area contributed by atoms with Crippen LogP contribution >= 0.6 is 27.3 Å². The van der Waals surface area contributed by atoms with Gasteiger partial charge >= 0.3 is 0 Å². The van der Waals surface area contributed by atoms with E-state index in [2.05, 4.69) is 50.8 Å². The third kappa shape index (κ3) is 2.59. The molecule has 0 amide bonds. The lowest BCUT2D eigenvalue weighted by Crippen LogP contribution is -2.30. The van der Waals surface area contributed by atoms with Gasteiger partial charge in [0, 0.05) is 31.1 Å². The molecule has 0 saturated heterocycles. The molecule has 2 aromatic heterocycles. The Balaban J connectivity index is 1.80. The molecule has 1 aliphatic rings. The van der Waals surface area contributed by atoms with Crippen molar-refractivity contribution in [2.45, 2.75) is 46.3 Å². The van der Waals surface area contributed by atoms with E-state index in [1.807, 2.05) is 11.3 Å². The Morgan fingerprint density at radius 2 is 2.25 bits per heavy atom.